The average molecular weight is 305 g/mol. The molecular formula is C16H33ClOSi. The van der Waals surface area contributed by atoms with Crippen LogP contribution in [0.1, 0.15) is 64.7 Å². The Kier molecular flexibility index (Phi) is 7.42. The molecule has 1 aliphatic heterocycles. The molecular weight excluding hydrogens is 272 g/mol. The third-order valence-corrected chi connectivity index (χ3v) is 8.38. The van der Waals surface area contributed by atoms with Crippen LogP contribution < -0.4 is 0 Å². The van der Waals surface area contributed by atoms with Crippen molar-refractivity contribution in [3.05, 3.63) is 0 Å². The van der Waals surface area contributed by atoms with Crippen molar-refractivity contribution < 1.29 is 4.74 Å². The molecule has 1 fully saturated rings. The van der Waals surface area contributed by atoms with Gasteiger partial charge in [-0.2, -0.15) is 0 Å². The summed E-state index contributed by atoms with van der Waals surface area (Å²) in [7, 11) is -1.28. The second-order valence-electron chi connectivity index (χ2n) is 7.14. The van der Waals surface area contributed by atoms with E-state index in [0.29, 0.717) is 12.0 Å². The zero-order valence-corrected chi connectivity index (χ0v) is 15.2. The van der Waals surface area contributed by atoms with E-state index in [1.807, 2.05) is 0 Å². The van der Waals surface area contributed by atoms with Gasteiger partial charge in [0, 0.05) is 0 Å². The second kappa shape index (κ2) is 8.04. The van der Waals surface area contributed by atoms with Crippen molar-refractivity contribution in [3.8, 4) is 0 Å². The summed E-state index contributed by atoms with van der Waals surface area (Å²) in [4.78, 5) is 0. The zero-order chi connectivity index (χ0) is 14.4. The first-order valence-electron chi connectivity index (χ1n) is 8.21. The van der Waals surface area contributed by atoms with E-state index >= 15 is 0 Å². The maximum absolute atomic E-state index is 6.16. The summed E-state index contributed by atoms with van der Waals surface area (Å²) in [6, 6.07) is 0. The van der Waals surface area contributed by atoms with Crippen LogP contribution in [0.4, 0.5) is 0 Å². The third-order valence-electron chi connectivity index (χ3n) is 4.60. The Morgan fingerprint density at radius 3 is 1.89 bits per heavy atom. The molecule has 0 saturated carbocycles. The van der Waals surface area contributed by atoms with Crippen molar-refractivity contribution in [3.63, 3.8) is 0 Å². The fourth-order valence-electron chi connectivity index (χ4n) is 2.95. The predicted octanol–water partition coefficient (Wildman–Crippen LogP) is 5.77. The Morgan fingerprint density at radius 1 is 0.947 bits per heavy atom. The van der Waals surface area contributed by atoms with Crippen molar-refractivity contribution in [2.45, 2.75) is 95.7 Å². The second-order valence-corrected chi connectivity index (χ2v) is 12.8. The molecule has 1 nitrogen and oxygen atoms in total. The molecule has 1 aliphatic rings. The Labute approximate surface area is 126 Å². The predicted molar refractivity (Wildman–Crippen MR) is 88.9 cm³/mol. The molecule has 0 spiro atoms. The van der Waals surface area contributed by atoms with E-state index in [1.165, 1.54) is 57.8 Å². The van der Waals surface area contributed by atoms with Gasteiger partial charge in [0.15, 0.2) is 0 Å². The summed E-state index contributed by atoms with van der Waals surface area (Å²) < 4.78 is 6.01. The monoisotopic (exact) mass is 304 g/mol. The van der Waals surface area contributed by atoms with Crippen molar-refractivity contribution in [1.29, 1.82) is 0 Å². The number of ether oxygens (including phenoxy) is 1. The maximum Gasteiger partial charge on any atom is 0.0971 e. The van der Waals surface area contributed by atoms with Crippen LogP contribution in [0.15, 0.2) is 0 Å². The van der Waals surface area contributed by atoms with E-state index < -0.39 is 8.07 Å². The van der Waals surface area contributed by atoms with Gasteiger partial charge in [-0.25, -0.2) is 0 Å². The van der Waals surface area contributed by atoms with Gasteiger partial charge in [0.05, 0.1) is 25.3 Å². The lowest BCUT2D eigenvalue weighted by molar-refractivity contribution is 0.346. The Hall–Kier alpha value is 0.467. The first kappa shape index (κ1) is 17.5. The number of hydrogen-bond acceptors (Lipinski definition) is 1. The lowest BCUT2D eigenvalue weighted by Gasteiger charge is -2.24. The molecule has 0 aromatic carbocycles. The first-order valence-corrected chi connectivity index (χ1v) is 12.2. The van der Waals surface area contributed by atoms with Gasteiger partial charge in [0.25, 0.3) is 0 Å². The van der Waals surface area contributed by atoms with Crippen LogP contribution in [0.2, 0.25) is 19.6 Å². The molecule has 0 aromatic heterocycles. The third kappa shape index (κ3) is 5.06. The molecule has 3 heteroatoms. The van der Waals surface area contributed by atoms with Crippen LogP contribution in [-0.2, 0) is 4.74 Å². The van der Waals surface area contributed by atoms with Gasteiger partial charge in [-0.15, -0.1) is 11.6 Å². The molecule has 0 aliphatic carbocycles. The van der Waals surface area contributed by atoms with Gasteiger partial charge in [-0.1, -0.05) is 77.9 Å². The number of hydrogen-bond donors (Lipinski definition) is 0. The summed E-state index contributed by atoms with van der Waals surface area (Å²) in [5.41, 5.74) is 0. The summed E-state index contributed by atoms with van der Waals surface area (Å²) >= 11 is 6.16. The standard InChI is InChI=1S/C16H33ClOSi/c1-5-6-7-8-9-10-11-12-13-15-16(14-17,18-15)19(2,3)4/h15H,5-14H2,1-4H3. The molecule has 1 saturated heterocycles. The fourth-order valence-corrected chi connectivity index (χ4v) is 6.40. The quantitative estimate of drug-likeness (QED) is 0.204. The molecule has 0 bridgehead atoms. The van der Waals surface area contributed by atoms with Crippen LogP contribution in [0, 0.1) is 0 Å². The zero-order valence-electron chi connectivity index (χ0n) is 13.4. The average Bonchev–Trinajstić information content (AvgIpc) is 3.07. The molecule has 0 N–H and O–H groups in total. The van der Waals surface area contributed by atoms with Gasteiger partial charge in [0.1, 0.15) is 0 Å². The minimum atomic E-state index is -1.28. The van der Waals surface area contributed by atoms with Crippen LogP contribution in [0.5, 0.6) is 0 Å². The van der Waals surface area contributed by atoms with Crippen LogP contribution in [0.25, 0.3) is 0 Å². The smallest absolute Gasteiger partial charge is 0.0971 e. The minimum absolute atomic E-state index is 0.0929. The number of halogens is 1. The van der Waals surface area contributed by atoms with Crippen molar-refractivity contribution in [1.82, 2.24) is 0 Å². The molecule has 1 heterocycles. The molecule has 2 unspecified atom stereocenters. The highest BCUT2D eigenvalue weighted by Crippen LogP contribution is 2.47. The normalized spacial score (nSPS) is 26.7. The molecule has 114 valence electrons. The van der Waals surface area contributed by atoms with Gasteiger partial charge >= 0.3 is 0 Å². The molecule has 0 amide bonds. The Morgan fingerprint density at radius 2 is 1.47 bits per heavy atom. The highest BCUT2D eigenvalue weighted by Gasteiger charge is 2.62. The largest absolute Gasteiger partial charge is 0.369 e. The Bertz CT molecular complexity index is 252. The number of epoxide rings is 1. The SMILES string of the molecule is CCCCCCCCCCC1OC1(CCl)[Si](C)(C)C. The van der Waals surface area contributed by atoms with Gasteiger partial charge in [-0.3, -0.25) is 0 Å². The highest BCUT2D eigenvalue weighted by molar-refractivity contribution is 6.80. The van der Waals surface area contributed by atoms with Gasteiger partial charge in [-0.05, 0) is 6.42 Å². The van der Waals surface area contributed by atoms with Crippen LogP contribution >= 0.6 is 11.6 Å². The van der Waals surface area contributed by atoms with Crippen molar-refractivity contribution >= 4 is 19.7 Å². The highest BCUT2D eigenvalue weighted by atomic mass is 35.5. The number of unbranched alkanes of at least 4 members (excludes halogenated alkanes) is 7. The van der Waals surface area contributed by atoms with Gasteiger partial charge < -0.3 is 4.74 Å². The number of alkyl halides is 1. The van der Waals surface area contributed by atoms with Crippen molar-refractivity contribution in [2.24, 2.45) is 0 Å². The topological polar surface area (TPSA) is 12.5 Å². The van der Waals surface area contributed by atoms with E-state index in [9.17, 15) is 0 Å². The molecule has 1 rings (SSSR count). The van der Waals surface area contributed by atoms with Crippen LogP contribution in [-0.4, -0.2) is 25.3 Å². The summed E-state index contributed by atoms with van der Waals surface area (Å²) in [6.45, 7) is 9.41. The maximum atomic E-state index is 6.16. The molecule has 19 heavy (non-hydrogen) atoms. The molecule has 0 aromatic rings. The molecule has 2 atom stereocenters. The summed E-state index contributed by atoms with van der Waals surface area (Å²) in [6.07, 6.45) is 12.8. The van der Waals surface area contributed by atoms with E-state index in [0.717, 1.165) is 0 Å². The van der Waals surface area contributed by atoms with Gasteiger partial charge in [0.2, 0.25) is 0 Å². The lowest BCUT2D eigenvalue weighted by atomic mass is 10.1. The fraction of sp³-hybridized carbons (Fsp3) is 1.00. The minimum Gasteiger partial charge on any atom is -0.369 e. The van der Waals surface area contributed by atoms with E-state index in [-0.39, 0.29) is 5.22 Å². The first-order chi connectivity index (χ1) is 8.98. The number of rotatable bonds is 11. The van der Waals surface area contributed by atoms with E-state index in [4.69, 9.17) is 16.3 Å². The van der Waals surface area contributed by atoms with Crippen LogP contribution in [0.3, 0.4) is 0 Å². The van der Waals surface area contributed by atoms with E-state index in [2.05, 4.69) is 26.6 Å². The summed E-state index contributed by atoms with van der Waals surface area (Å²) in [5.74, 6) is 0.699. The molecule has 0 radical (unpaired) electrons. The Balaban J connectivity index is 2.03. The lowest BCUT2D eigenvalue weighted by Crippen LogP contribution is -2.45. The van der Waals surface area contributed by atoms with Crippen molar-refractivity contribution in [2.75, 3.05) is 5.88 Å². The van der Waals surface area contributed by atoms with E-state index in [1.54, 1.807) is 0 Å². The summed E-state index contributed by atoms with van der Waals surface area (Å²) in [5, 5.41) is 0.0929.